The van der Waals surface area contributed by atoms with Crippen LogP contribution in [0.5, 0.6) is 0 Å². The molecule has 0 radical (unpaired) electrons. The first-order valence-electron chi connectivity index (χ1n) is 3.28. The molecule has 9 heavy (non-hydrogen) atoms. The quantitative estimate of drug-likeness (QED) is 0.591. The molecule has 0 saturated carbocycles. The topological polar surface area (TPSA) is 58.8 Å². The smallest absolute Gasteiger partial charge is 0.0621 e. The molecule has 0 aliphatic carbocycles. The van der Waals surface area contributed by atoms with Gasteiger partial charge in [0.1, 0.15) is 0 Å². The number of hydrogen-bond donors (Lipinski definition) is 1. The molecule has 3 N–H and O–H groups in total. The summed E-state index contributed by atoms with van der Waals surface area (Å²) in [6, 6.07) is 2.13. The monoisotopic (exact) mass is 128 g/mol. The molecule has 0 aliphatic rings. The van der Waals surface area contributed by atoms with Gasteiger partial charge in [0.2, 0.25) is 0 Å². The van der Waals surface area contributed by atoms with Crippen LogP contribution in [0.4, 0.5) is 0 Å². The second kappa shape index (κ2) is 10.4. The molecule has 0 aromatic rings. The van der Waals surface area contributed by atoms with E-state index in [4.69, 9.17) is 5.26 Å². The summed E-state index contributed by atoms with van der Waals surface area (Å²) in [6.07, 6.45) is 5.58. The average molecular weight is 128 g/mol. The minimum atomic E-state index is 0. The van der Waals surface area contributed by atoms with Crippen molar-refractivity contribution in [2.75, 3.05) is 0 Å². The summed E-state index contributed by atoms with van der Waals surface area (Å²) in [5.74, 6) is 0. The van der Waals surface area contributed by atoms with Crippen molar-refractivity contribution in [3.63, 3.8) is 0 Å². The standard InChI is InChI=1S/C7H13N.H3N/c1-2-3-4-5-6-7-8;/h2-6H2,1H3;1H3. The lowest BCUT2D eigenvalue weighted by atomic mass is 10.2. The molecule has 0 saturated heterocycles. The van der Waals surface area contributed by atoms with Crippen LogP contribution in [0.2, 0.25) is 0 Å². The zero-order valence-electron chi connectivity index (χ0n) is 6.19. The summed E-state index contributed by atoms with van der Waals surface area (Å²) in [6.45, 7) is 2.17. The number of unbranched alkanes of at least 4 members (excludes halogenated alkanes) is 4. The summed E-state index contributed by atoms with van der Waals surface area (Å²) >= 11 is 0. The van der Waals surface area contributed by atoms with Crippen LogP contribution in [-0.4, -0.2) is 0 Å². The Morgan fingerprint density at radius 2 is 1.89 bits per heavy atom. The van der Waals surface area contributed by atoms with Gasteiger partial charge >= 0.3 is 0 Å². The van der Waals surface area contributed by atoms with E-state index >= 15 is 0 Å². The molecule has 0 rings (SSSR count). The van der Waals surface area contributed by atoms with Crippen LogP contribution in [0.25, 0.3) is 0 Å². The predicted octanol–water partition coefficient (Wildman–Crippen LogP) is 2.64. The lowest BCUT2D eigenvalue weighted by molar-refractivity contribution is 0.678. The molecule has 0 spiro atoms. The number of rotatable bonds is 4. The summed E-state index contributed by atoms with van der Waals surface area (Å²) in [4.78, 5) is 0. The Kier molecular flexibility index (Phi) is 13.1. The Labute approximate surface area is 57.5 Å². The van der Waals surface area contributed by atoms with Crippen LogP contribution in [0.3, 0.4) is 0 Å². The maximum Gasteiger partial charge on any atom is 0.0621 e. The van der Waals surface area contributed by atoms with Crippen LogP contribution in [-0.2, 0) is 0 Å². The van der Waals surface area contributed by atoms with Gasteiger partial charge in [-0.05, 0) is 6.42 Å². The van der Waals surface area contributed by atoms with E-state index in [1.165, 1.54) is 19.3 Å². The van der Waals surface area contributed by atoms with Gasteiger partial charge in [-0.2, -0.15) is 5.26 Å². The SMILES string of the molecule is CCCCCCC#N.N. The lowest BCUT2D eigenvalue weighted by Gasteiger charge is -1.89. The molecule has 0 aromatic heterocycles. The van der Waals surface area contributed by atoms with E-state index in [-0.39, 0.29) is 6.15 Å². The summed E-state index contributed by atoms with van der Waals surface area (Å²) in [5.41, 5.74) is 0. The van der Waals surface area contributed by atoms with Crippen LogP contribution in [0, 0.1) is 11.3 Å². The van der Waals surface area contributed by atoms with E-state index in [0.29, 0.717) is 0 Å². The fourth-order valence-electron chi connectivity index (χ4n) is 0.631. The van der Waals surface area contributed by atoms with Gasteiger partial charge in [-0.15, -0.1) is 0 Å². The van der Waals surface area contributed by atoms with Gasteiger partial charge in [-0.25, -0.2) is 0 Å². The van der Waals surface area contributed by atoms with Crippen LogP contribution >= 0.6 is 0 Å². The highest BCUT2D eigenvalue weighted by Crippen LogP contribution is 2.00. The Hall–Kier alpha value is -0.550. The molecule has 0 heterocycles. The number of nitrogens with zero attached hydrogens (tertiary/aromatic N) is 1. The second-order valence-corrected chi connectivity index (χ2v) is 1.97. The first-order chi connectivity index (χ1) is 3.91. The maximum absolute atomic E-state index is 8.12. The van der Waals surface area contributed by atoms with Crippen molar-refractivity contribution in [2.24, 2.45) is 0 Å². The Morgan fingerprint density at radius 3 is 2.33 bits per heavy atom. The molecule has 0 aromatic carbocycles. The van der Waals surface area contributed by atoms with E-state index in [9.17, 15) is 0 Å². The molecule has 54 valence electrons. The molecule has 0 amide bonds. The molecule has 0 bridgehead atoms. The van der Waals surface area contributed by atoms with Crippen LogP contribution in [0.1, 0.15) is 39.0 Å². The van der Waals surface area contributed by atoms with Crippen molar-refractivity contribution in [1.82, 2.24) is 6.15 Å². The molecule has 2 nitrogen and oxygen atoms in total. The zero-order valence-corrected chi connectivity index (χ0v) is 6.19. The van der Waals surface area contributed by atoms with Crippen LogP contribution in [0.15, 0.2) is 0 Å². The molecule has 0 fully saturated rings. The molecular weight excluding hydrogens is 112 g/mol. The van der Waals surface area contributed by atoms with Gasteiger partial charge in [0.15, 0.2) is 0 Å². The first kappa shape index (κ1) is 11.3. The van der Waals surface area contributed by atoms with E-state index in [1.54, 1.807) is 0 Å². The van der Waals surface area contributed by atoms with Crippen molar-refractivity contribution >= 4 is 0 Å². The number of nitriles is 1. The van der Waals surface area contributed by atoms with Crippen molar-refractivity contribution in [3.05, 3.63) is 0 Å². The molecule has 2 heteroatoms. The van der Waals surface area contributed by atoms with Crippen molar-refractivity contribution in [3.8, 4) is 6.07 Å². The highest BCUT2D eigenvalue weighted by atomic mass is 14.2. The van der Waals surface area contributed by atoms with E-state index in [0.717, 1.165) is 12.8 Å². The van der Waals surface area contributed by atoms with E-state index in [2.05, 4.69) is 13.0 Å². The molecule has 0 atom stereocenters. The van der Waals surface area contributed by atoms with Gasteiger partial charge < -0.3 is 6.15 Å². The third kappa shape index (κ3) is 11.2. The zero-order chi connectivity index (χ0) is 6.24. The minimum absolute atomic E-state index is 0. The molecular formula is C7H16N2. The summed E-state index contributed by atoms with van der Waals surface area (Å²) in [7, 11) is 0. The fraction of sp³-hybridized carbons (Fsp3) is 0.857. The largest absolute Gasteiger partial charge is 0.344 e. The van der Waals surface area contributed by atoms with Crippen molar-refractivity contribution < 1.29 is 0 Å². The Morgan fingerprint density at radius 1 is 1.22 bits per heavy atom. The normalized spacial score (nSPS) is 7.56. The second-order valence-electron chi connectivity index (χ2n) is 1.97. The highest BCUT2D eigenvalue weighted by Gasteiger charge is 1.83. The molecule has 0 unspecified atom stereocenters. The van der Waals surface area contributed by atoms with Gasteiger partial charge in [0.05, 0.1) is 6.07 Å². The Bertz CT molecular complexity index is 73.5. The van der Waals surface area contributed by atoms with Gasteiger partial charge in [0, 0.05) is 6.42 Å². The number of hydrogen-bond acceptors (Lipinski definition) is 2. The fourth-order valence-corrected chi connectivity index (χ4v) is 0.631. The lowest BCUT2D eigenvalue weighted by Crippen LogP contribution is -1.72. The Balaban J connectivity index is 0. The third-order valence-corrected chi connectivity index (χ3v) is 1.14. The predicted molar refractivity (Wildman–Crippen MR) is 39.4 cm³/mol. The van der Waals surface area contributed by atoms with Crippen molar-refractivity contribution in [1.29, 1.82) is 5.26 Å². The third-order valence-electron chi connectivity index (χ3n) is 1.14. The van der Waals surface area contributed by atoms with Gasteiger partial charge in [0.25, 0.3) is 0 Å². The van der Waals surface area contributed by atoms with Crippen molar-refractivity contribution in [2.45, 2.75) is 39.0 Å². The van der Waals surface area contributed by atoms with E-state index < -0.39 is 0 Å². The molecule has 0 aliphatic heterocycles. The summed E-state index contributed by atoms with van der Waals surface area (Å²) in [5, 5.41) is 8.12. The highest BCUT2D eigenvalue weighted by molar-refractivity contribution is 4.67. The van der Waals surface area contributed by atoms with Crippen LogP contribution < -0.4 is 6.15 Å². The van der Waals surface area contributed by atoms with Gasteiger partial charge in [-0.1, -0.05) is 26.2 Å². The van der Waals surface area contributed by atoms with E-state index in [1.807, 2.05) is 0 Å². The first-order valence-corrected chi connectivity index (χ1v) is 3.28. The van der Waals surface area contributed by atoms with Gasteiger partial charge in [-0.3, -0.25) is 0 Å². The maximum atomic E-state index is 8.12. The average Bonchev–Trinajstić information content (AvgIpc) is 1.81. The minimum Gasteiger partial charge on any atom is -0.344 e. The summed E-state index contributed by atoms with van der Waals surface area (Å²) < 4.78 is 0.